The topological polar surface area (TPSA) is 81.4 Å². The smallest absolute Gasteiger partial charge is 0.260 e. The van der Waals surface area contributed by atoms with Crippen molar-refractivity contribution in [1.82, 2.24) is 0 Å². The molecule has 0 saturated carbocycles. The molecule has 2 aromatic carbocycles. The lowest BCUT2D eigenvalue weighted by Gasteiger charge is -2.06. The maximum Gasteiger partial charge on any atom is 0.260 e. The summed E-state index contributed by atoms with van der Waals surface area (Å²) in [7, 11) is 0. The summed E-state index contributed by atoms with van der Waals surface area (Å²) in [5.74, 6) is -0.0587. The molecule has 24 heavy (non-hydrogen) atoms. The van der Waals surface area contributed by atoms with Gasteiger partial charge in [0.15, 0.2) is 0 Å². The third kappa shape index (κ3) is 2.34. The van der Waals surface area contributed by atoms with E-state index >= 15 is 0 Å². The van der Waals surface area contributed by atoms with Crippen LogP contribution in [0.4, 0.5) is 5.69 Å². The van der Waals surface area contributed by atoms with Gasteiger partial charge in [-0.2, -0.15) is 0 Å². The Hall–Kier alpha value is -2.79. The maximum atomic E-state index is 12.4. The zero-order chi connectivity index (χ0) is 16.8. The summed E-state index contributed by atoms with van der Waals surface area (Å²) in [6.45, 7) is 0.351. The number of anilines is 1. The quantitative estimate of drug-likeness (QED) is 0.825. The zero-order valence-electron chi connectivity index (χ0n) is 12.6. The second-order valence-electron chi connectivity index (χ2n) is 5.77. The fourth-order valence-corrected chi connectivity index (χ4v) is 3.27. The Morgan fingerprint density at radius 1 is 1.21 bits per heavy atom. The normalized spacial score (nSPS) is 18.0. The van der Waals surface area contributed by atoms with Crippen LogP contribution in [0.5, 0.6) is 0 Å². The van der Waals surface area contributed by atoms with Gasteiger partial charge >= 0.3 is 0 Å². The molecular formula is C18H13ClN2O3. The molecule has 6 heteroatoms. The van der Waals surface area contributed by atoms with E-state index in [1.165, 1.54) is 0 Å². The van der Waals surface area contributed by atoms with E-state index < -0.39 is 0 Å². The van der Waals surface area contributed by atoms with Crippen LogP contribution in [0.15, 0.2) is 36.4 Å². The van der Waals surface area contributed by atoms with Crippen molar-refractivity contribution in [2.75, 3.05) is 5.32 Å². The molecule has 2 aliphatic rings. The summed E-state index contributed by atoms with van der Waals surface area (Å²) < 4.78 is 5.79. The van der Waals surface area contributed by atoms with Crippen LogP contribution in [-0.2, 0) is 27.4 Å². The van der Waals surface area contributed by atoms with Gasteiger partial charge in [0.1, 0.15) is 12.4 Å². The van der Waals surface area contributed by atoms with Crippen molar-refractivity contribution in [3.8, 4) is 0 Å². The summed E-state index contributed by atoms with van der Waals surface area (Å²) in [5, 5.41) is 3.38. The number of carbonyl (C=O) groups is 2. The van der Waals surface area contributed by atoms with Crippen molar-refractivity contribution in [3.63, 3.8) is 0 Å². The minimum absolute atomic E-state index is 0.179. The molecule has 0 bridgehead atoms. The van der Waals surface area contributed by atoms with E-state index in [1.54, 1.807) is 18.2 Å². The molecule has 3 N–H and O–H groups in total. The largest absolute Gasteiger partial charge is 0.487 e. The number of primary amides is 1. The van der Waals surface area contributed by atoms with Crippen molar-refractivity contribution >= 4 is 40.4 Å². The lowest BCUT2D eigenvalue weighted by atomic mass is 9.98. The third-order valence-corrected chi connectivity index (χ3v) is 4.35. The number of hydrogen-bond donors (Lipinski definition) is 2. The highest BCUT2D eigenvalue weighted by Gasteiger charge is 2.32. The van der Waals surface area contributed by atoms with Gasteiger partial charge in [0, 0.05) is 27.4 Å². The van der Waals surface area contributed by atoms with Crippen molar-refractivity contribution < 1.29 is 14.3 Å². The summed E-state index contributed by atoms with van der Waals surface area (Å²) in [6.07, 6.45) is 0.179. The SMILES string of the molecule is NC(=O)Cc1ccc2c(c1)CO/C2=C1/C(=O)Nc2ccc(Cl)cc21. The molecule has 2 aromatic rings. The second kappa shape index (κ2) is 5.39. The van der Waals surface area contributed by atoms with Gasteiger partial charge in [0.25, 0.3) is 5.91 Å². The van der Waals surface area contributed by atoms with Gasteiger partial charge in [0.2, 0.25) is 5.91 Å². The Balaban J connectivity index is 1.83. The number of amides is 2. The third-order valence-electron chi connectivity index (χ3n) is 4.12. The number of nitrogens with one attached hydrogen (secondary N) is 1. The number of fused-ring (bicyclic) bond motifs is 2. The second-order valence-corrected chi connectivity index (χ2v) is 6.21. The fraction of sp³-hybridized carbons (Fsp3) is 0.111. The highest BCUT2D eigenvalue weighted by molar-refractivity contribution is 6.37. The van der Waals surface area contributed by atoms with E-state index in [4.69, 9.17) is 22.1 Å². The summed E-state index contributed by atoms with van der Waals surface area (Å²) >= 11 is 6.07. The van der Waals surface area contributed by atoms with Crippen LogP contribution in [0.2, 0.25) is 5.02 Å². The first-order valence-corrected chi connectivity index (χ1v) is 7.79. The molecule has 2 aliphatic heterocycles. The molecule has 0 aromatic heterocycles. The Bertz CT molecular complexity index is 934. The molecule has 0 fully saturated rings. The van der Waals surface area contributed by atoms with Crippen LogP contribution in [0, 0.1) is 0 Å². The van der Waals surface area contributed by atoms with E-state index in [-0.39, 0.29) is 18.2 Å². The fourth-order valence-electron chi connectivity index (χ4n) is 3.10. The van der Waals surface area contributed by atoms with Gasteiger partial charge < -0.3 is 15.8 Å². The molecule has 0 saturated heterocycles. The van der Waals surface area contributed by atoms with Crippen molar-refractivity contribution in [2.45, 2.75) is 13.0 Å². The van der Waals surface area contributed by atoms with Gasteiger partial charge in [-0.05, 0) is 23.8 Å². The van der Waals surface area contributed by atoms with Crippen LogP contribution < -0.4 is 11.1 Å². The average molecular weight is 341 g/mol. The van der Waals surface area contributed by atoms with Crippen LogP contribution in [0.3, 0.4) is 0 Å². The highest BCUT2D eigenvalue weighted by Crippen LogP contribution is 2.42. The molecule has 5 nitrogen and oxygen atoms in total. The van der Waals surface area contributed by atoms with Crippen LogP contribution in [0.25, 0.3) is 11.3 Å². The van der Waals surface area contributed by atoms with Gasteiger partial charge in [-0.1, -0.05) is 29.8 Å². The standard InChI is InChI=1S/C18H13ClN2O3/c19-11-2-4-14-13(7-11)16(18(23)21-14)17-12-3-1-9(6-15(20)22)5-10(12)8-24-17/h1-5,7H,6,8H2,(H2,20,22)(H,21,23)/b17-16+. The molecule has 2 amide bonds. The van der Waals surface area contributed by atoms with Crippen molar-refractivity contribution in [2.24, 2.45) is 5.73 Å². The monoisotopic (exact) mass is 340 g/mol. The van der Waals surface area contributed by atoms with Crippen LogP contribution in [-0.4, -0.2) is 11.8 Å². The number of halogens is 1. The number of ether oxygens (including phenoxy) is 1. The number of hydrogen-bond acceptors (Lipinski definition) is 3. The Labute approximate surface area is 143 Å². The van der Waals surface area contributed by atoms with Crippen molar-refractivity contribution in [3.05, 3.63) is 63.7 Å². The van der Waals surface area contributed by atoms with Crippen LogP contribution >= 0.6 is 11.6 Å². The van der Waals surface area contributed by atoms with Gasteiger partial charge in [-0.15, -0.1) is 0 Å². The Morgan fingerprint density at radius 2 is 2.04 bits per heavy atom. The minimum Gasteiger partial charge on any atom is -0.487 e. The minimum atomic E-state index is -0.383. The Morgan fingerprint density at radius 3 is 2.83 bits per heavy atom. The summed E-state index contributed by atoms with van der Waals surface area (Å²) in [5.41, 5.74) is 9.77. The lowest BCUT2D eigenvalue weighted by molar-refractivity contribution is -0.117. The molecule has 0 aliphatic carbocycles. The lowest BCUT2D eigenvalue weighted by Crippen LogP contribution is -2.13. The predicted octanol–water partition coefficient (Wildman–Crippen LogP) is 2.72. The number of nitrogens with two attached hydrogens (primary N) is 1. The molecule has 0 spiro atoms. The summed E-state index contributed by atoms with van der Waals surface area (Å²) in [4.78, 5) is 23.5. The molecule has 0 unspecified atom stereocenters. The van der Waals surface area contributed by atoms with Gasteiger partial charge in [-0.3, -0.25) is 9.59 Å². The van der Waals surface area contributed by atoms with Gasteiger partial charge in [-0.25, -0.2) is 0 Å². The zero-order valence-corrected chi connectivity index (χ0v) is 13.3. The number of benzene rings is 2. The first-order chi connectivity index (χ1) is 11.5. The molecular weight excluding hydrogens is 328 g/mol. The molecule has 0 radical (unpaired) electrons. The van der Waals surface area contributed by atoms with Crippen LogP contribution in [0.1, 0.15) is 22.3 Å². The first-order valence-electron chi connectivity index (χ1n) is 7.42. The van der Waals surface area contributed by atoms with Crippen molar-refractivity contribution in [1.29, 1.82) is 0 Å². The maximum absolute atomic E-state index is 12.4. The molecule has 4 rings (SSSR count). The molecule has 2 heterocycles. The van der Waals surface area contributed by atoms with E-state index in [2.05, 4.69) is 5.32 Å². The average Bonchev–Trinajstić information content (AvgIpc) is 3.06. The number of carbonyl (C=O) groups excluding carboxylic acids is 2. The Kier molecular flexibility index (Phi) is 3.32. The molecule has 120 valence electrons. The molecule has 0 atom stereocenters. The van der Waals surface area contributed by atoms with E-state index in [1.807, 2.05) is 18.2 Å². The highest BCUT2D eigenvalue weighted by atomic mass is 35.5. The van der Waals surface area contributed by atoms with E-state index in [9.17, 15) is 9.59 Å². The predicted molar refractivity (Wildman–Crippen MR) is 91.0 cm³/mol. The first kappa shape index (κ1) is 14.8. The van der Waals surface area contributed by atoms with Gasteiger partial charge in [0.05, 0.1) is 12.0 Å². The van der Waals surface area contributed by atoms with E-state index in [0.29, 0.717) is 28.6 Å². The number of rotatable bonds is 2. The van der Waals surface area contributed by atoms with E-state index in [0.717, 1.165) is 22.3 Å². The summed E-state index contributed by atoms with van der Waals surface area (Å²) in [6, 6.07) is 10.8.